The van der Waals surface area contributed by atoms with Crippen LogP contribution in [-0.4, -0.2) is 16.9 Å². The number of hydrogen-bond acceptors (Lipinski definition) is 4. The van der Waals surface area contributed by atoms with Crippen LogP contribution in [0.1, 0.15) is 12.5 Å². The standard InChI is InChI=1S/C16H13F3N2O4/c1-10(25-14-5-3-2-4-13(14)21(23)24)15(22)20-12-8-6-11(7-9-12)16(17,18)19/h2-10H,1H3,(H,20,22)/t10-/m0/s1. The van der Waals surface area contributed by atoms with Gasteiger partial charge in [-0.3, -0.25) is 14.9 Å². The lowest BCUT2D eigenvalue weighted by Gasteiger charge is -2.15. The fraction of sp³-hybridized carbons (Fsp3) is 0.188. The van der Waals surface area contributed by atoms with E-state index in [-0.39, 0.29) is 17.1 Å². The van der Waals surface area contributed by atoms with Crippen LogP contribution in [0.15, 0.2) is 48.5 Å². The van der Waals surface area contributed by atoms with E-state index >= 15 is 0 Å². The number of rotatable bonds is 5. The van der Waals surface area contributed by atoms with Gasteiger partial charge in [0.25, 0.3) is 5.91 Å². The summed E-state index contributed by atoms with van der Waals surface area (Å²) in [7, 11) is 0. The molecule has 0 aliphatic carbocycles. The summed E-state index contributed by atoms with van der Waals surface area (Å²) in [6.07, 6.45) is -5.56. The monoisotopic (exact) mass is 354 g/mol. The maximum Gasteiger partial charge on any atom is 0.416 e. The highest BCUT2D eigenvalue weighted by Gasteiger charge is 2.30. The Balaban J connectivity index is 2.05. The van der Waals surface area contributed by atoms with Gasteiger partial charge in [0.15, 0.2) is 11.9 Å². The van der Waals surface area contributed by atoms with Crippen molar-refractivity contribution in [3.63, 3.8) is 0 Å². The third-order valence-corrected chi connectivity index (χ3v) is 3.21. The zero-order valence-electron chi connectivity index (χ0n) is 12.9. The molecule has 2 aromatic carbocycles. The molecule has 1 amide bonds. The molecule has 132 valence electrons. The average Bonchev–Trinajstić information content (AvgIpc) is 2.54. The van der Waals surface area contributed by atoms with E-state index in [1.165, 1.54) is 31.2 Å². The summed E-state index contributed by atoms with van der Waals surface area (Å²) in [5.74, 6) is -0.736. The summed E-state index contributed by atoms with van der Waals surface area (Å²) >= 11 is 0. The van der Waals surface area contributed by atoms with Crippen LogP contribution in [0.3, 0.4) is 0 Å². The van der Waals surface area contributed by atoms with E-state index in [4.69, 9.17) is 4.74 Å². The number of nitro groups is 1. The van der Waals surface area contributed by atoms with E-state index in [1.54, 1.807) is 0 Å². The predicted molar refractivity (Wildman–Crippen MR) is 83.3 cm³/mol. The third-order valence-electron chi connectivity index (χ3n) is 3.21. The minimum Gasteiger partial charge on any atom is -0.474 e. The first-order valence-corrected chi connectivity index (χ1v) is 7.06. The molecule has 0 heterocycles. The number of nitrogens with zero attached hydrogens (tertiary/aromatic N) is 1. The summed E-state index contributed by atoms with van der Waals surface area (Å²) < 4.78 is 42.8. The SMILES string of the molecule is C[C@H](Oc1ccccc1[N+](=O)[O-])C(=O)Nc1ccc(C(F)(F)F)cc1. The molecule has 0 spiro atoms. The quantitative estimate of drug-likeness (QED) is 0.649. The number of anilines is 1. The van der Waals surface area contributed by atoms with Gasteiger partial charge >= 0.3 is 11.9 Å². The summed E-state index contributed by atoms with van der Waals surface area (Å²) in [5.41, 5.74) is -0.984. The minimum atomic E-state index is -4.47. The highest BCUT2D eigenvalue weighted by Crippen LogP contribution is 2.30. The van der Waals surface area contributed by atoms with Gasteiger partial charge in [-0.05, 0) is 37.3 Å². The molecule has 0 aromatic heterocycles. The molecule has 0 radical (unpaired) electrons. The Kier molecular flexibility index (Phi) is 5.26. The molecule has 6 nitrogen and oxygen atoms in total. The highest BCUT2D eigenvalue weighted by atomic mass is 19.4. The number of halogens is 3. The Labute approximate surface area is 140 Å². The van der Waals surface area contributed by atoms with Crippen LogP contribution < -0.4 is 10.1 Å². The van der Waals surface area contributed by atoms with E-state index in [0.29, 0.717) is 0 Å². The maximum atomic E-state index is 12.5. The molecule has 1 N–H and O–H groups in total. The Morgan fingerprint density at radius 3 is 2.32 bits per heavy atom. The molecule has 25 heavy (non-hydrogen) atoms. The second-order valence-corrected chi connectivity index (χ2v) is 5.05. The number of carbonyl (C=O) groups is 1. The smallest absolute Gasteiger partial charge is 0.416 e. The molecule has 9 heteroatoms. The number of amides is 1. The van der Waals surface area contributed by atoms with E-state index < -0.39 is 28.7 Å². The van der Waals surface area contributed by atoms with E-state index in [2.05, 4.69) is 5.32 Å². The summed E-state index contributed by atoms with van der Waals surface area (Å²) in [4.78, 5) is 22.3. The van der Waals surface area contributed by atoms with Crippen LogP contribution in [0, 0.1) is 10.1 Å². The van der Waals surface area contributed by atoms with E-state index in [1.807, 2.05) is 0 Å². The molecule has 0 aliphatic heterocycles. The molecule has 0 unspecified atom stereocenters. The van der Waals surface area contributed by atoms with Gasteiger partial charge in [-0.25, -0.2) is 0 Å². The molecule has 1 atom stereocenters. The second-order valence-electron chi connectivity index (χ2n) is 5.05. The predicted octanol–water partition coefficient (Wildman–Crippen LogP) is 4.02. The Morgan fingerprint density at radius 1 is 1.16 bits per heavy atom. The Morgan fingerprint density at radius 2 is 1.76 bits per heavy atom. The molecule has 2 rings (SSSR count). The minimum absolute atomic E-state index is 0.0810. The molecule has 0 fully saturated rings. The lowest BCUT2D eigenvalue weighted by atomic mass is 10.2. The van der Waals surface area contributed by atoms with E-state index in [9.17, 15) is 28.1 Å². The van der Waals surface area contributed by atoms with Crippen LogP contribution >= 0.6 is 0 Å². The fourth-order valence-electron chi connectivity index (χ4n) is 1.94. The molecular formula is C16H13F3N2O4. The summed E-state index contributed by atoms with van der Waals surface area (Å²) in [6.45, 7) is 1.37. The number of benzene rings is 2. The van der Waals surface area contributed by atoms with Gasteiger partial charge in [0.1, 0.15) is 0 Å². The molecule has 0 bridgehead atoms. The van der Waals surface area contributed by atoms with Crippen molar-refractivity contribution in [2.45, 2.75) is 19.2 Å². The normalized spacial score (nSPS) is 12.3. The van der Waals surface area contributed by atoms with Gasteiger partial charge in [0.05, 0.1) is 10.5 Å². The van der Waals surface area contributed by atoms with Gasteiger partial charge in [0.2, 0.25) is 0 Å². The van der Waals surface area contributed by atoms with Crippen molar-refractivity contribution in [3.8, 4) is 5.75 Å². The van der Waals surface area contributed by atoms with Crippen LogP contribution in [0.2, 0.25) is 0 Å². The summed E-state index contributed by atoms with van der Waals surface area (Å²) in [5, 5.41) is 13.3. The first-order valence-electron chi connectivity index (χ1n) is 7.06. The lowest BCUT2D eigenvalue weighted by Crippen LogP contribution is -2.30. The van der Waals surface area contributed by atoms with Gasteiger partial charge in [-0.15, -0.1) is 0 Å². The Hall–Kier alpha value is -3.10. The second kappa shape index (κ2) is 7.20. The van der Waals surface area contributed by atoms with Crippen molar-refractivity contribution in [1.29, 1.82) is 0 Å². The van der Waals surface area contributed by atoms with Gasteiger partial charge in [-0.1, -0.05) is 12.1 Å². The number of hydrogen-bond donors (Lipinski definition) is 1. The molecule has 2 aromatic rings. The van der Waals surface area contributed by atoms with Crippen LogP contribution in [0.4, 0.5) is 24.5 Å². The lowest BCUT2D eigenvalue weighted by molar-refractivity contribution is -0.386. The average molecular weight is 354 g/mol. The van der Waals surface area contributed by atoms with Crippen LogP contribution in [0.5, 0.6) is 5.75 Å². The van der Waals surface area contributed by atoms with Gasteiger partial charge in [-0.2, -0.15) is 13.2 Å². The largest absolute Gasteiger partial charge is 0.474 e. The van der Waals surface area contributed by atoms with Crippen molar-refractivity contribution >= 4 is 17.3 Å². The van der Waals surface area contributed by atoms with Crippen LogP contribution in [0.25, 0.3) is 0 Å². The highest BCUT2D eigenvalue weighted by molar-refractivity contribution is 5.94. The number of carbonyl (C=O) groups excluding carboxylic acids is 1. The molecular weight excluding hydrogens is 341 g/mol. The number of ether oxygens (including phenoxy) is 1. The van der Waals surface area contributed by atoms with Gasteiger partial charge in [0, 0.05) is 11.8 Å². The maximum absolute atomic E-state index is 12.5. The van der Waals surface area contributed by atoms with Gasteiger partial charge < -0.3 is 10.1 Å². The topological polar surface area (TPSA) is 81.5 Å². The first kappa shape index (κ1) is 18.2. The van der Waals surface area contributed by atoms with E-state index in [0.717, 1.165) is 24.3 Å². The fourth-order valence-corrected chi connectivity index (χ4v) is 1.94. The Bertz CT molecular complexity index is 776. The number of alkyl halides is 3. The van der Waals surface area contributed by atoms with Crippen molar-refractivity contribution in [2.24, 2.45) is 0 Å². The summed E-state index contributed by atoms with van der Waals surface area (Å²) in [6, 6.07) is 9.44. The number of nitrogens with one attached hydrogen (secondary N) is 1. The van der Waals surface area contributed by atoms with Crippen molar-refractivity contribution in [3.05, 3.63) is 64.2 Å². The molecule has 0 saturated heterocycles. The van der Waals surface area contributed by atoms with Crippen molar-refractivity contribution < 1.29 is 27.6 Å². The zero-order chi connectivity index (χ0) is 18.6. The zero-order valence-corrected chi connectivity index (χ0v) is 12.9. The number of para-hydroxylation sites is 2. The van der Waals surface area contributed by atoms with Crippen molar-refractivity contribution in [1.82, 2.24) is 0 Å². The number of nitro benzene ring substituents is 1. The first-order chi connectivity index (χ1) is 11.7. The molecule has 0 saturated carbocycles. The third kappa shape index (κ3) is 4.69. The molecule has 0 aliphatic rings. The van der Waals surface area contributed by atoms with Crippen LogP contribution in [-0.2, 0) is 11.0 Å². The van der Waals surface area contributed by atoms with Crippen molar-refractivity contribution in [2.75, 3.05) is 5.32 Å².